The van der Waals surface area contributed by atoms with Crippen molar-refractivity contribution in [1.82, 2.24) is 0 Å². The Morgan fingerprint density at radius 1 is 0.698 bits per heavy atom. The van der Waals surface area contributed by atoms with Crippen LogP contribution in [0.4, 0.5) is 0 Å². The number of esters is 1. The number of carbonyl (C=O) groups is 1. The molecule has 256 valence electrons. The van der Waals surface area contributed by atoms with Crippen molar-refractivity contribution in [3.05, 3.63) is 12.2 Å². The van der Waals surface area contributed by atoms with Crippen LogP contribution in [0.15, 0.2) is 12.2 Å². The van der Waals surface area contributed by atoms with Gasteiger partial charge in [0.1, 0.15) is 19.3 Å². The summed E-state index contributed by atoms with van der Waals surface area (Å²) in [7, 11) is 1.66. The predicted molar refractivity (Wildman–Crippen MR) is 178 cm³/mol. The van der Waals surface area contributed by atoms with Crippen LogP contribution in [0.1, 0.15) is 142 Å². The molecule has 2 unspecified atom stereocenters. The Morgan fingerprint density at radius 2 is 1.21 bits per heavy atom. The molecule has 0 bridgehead atoms. The summed E-state index contributed by atoms with van der Waals surface area (Å²) in [6.07, 6.45) is 28.2. The highest BCUT2D eigenvalue weighted by Gasteiger charge is 2.26. The number of ether oxygens (including phenoxy) is 2. The Bertz CT molecular complexity index is 711. The molecule has 0 heterocycles. The molecule has 0 fully saturated rings. The smallest absolute Gasteiger partial charge is 0.457 e. The SMILES string of the molecule is CCCCCCCC/C=C\CCCCCCCCCCCCOCC(COP(=O)(O)OCC[N+](C)(C)C)OC(=O)CCC. The van der Waals surface area contributed by atoms with E-state index in [0.29, 0.717) is 24.1 Å². The number of rotatable bonds is 32. The fourth-order valence-corrected chi connectivity index (χ4v) is 5.32. The number of nitrogens with zero attached hydrogens (tertiary/aromatic N) is 1. The van der Waals surface area contributed by atoms with Gasteiger partial charge in [-0.05, 0) is 38.5 Å². The third kappa shape index (κ3) is 32.4. The molecule has 0 aliphatic carbocycles. The second kappa shape index (κ2) is 28.7. The van der Waals surface area contributed by atoms with Crippen molar-refractivity contribution < 1.29 is 37.3 Å². The van der Waals surface area contributed by atoms with E-state index in [2.05, 4.69) is 19.1 Å². The highest BCUT2D eigenvalue weighted by molar-refractivity contribution is 7.47. The van der Waals surface area contributed by atoms with Crippen LogP contribution in [0, 0.1) is 0 Å². The zero-order valence-corrected chi connectivity index (χ0v) is 29.6. The van der Waals surface area contributed by atoms with E-state index < -0.39 is 13.9 Å². The molecule has 0 aromatic carbocycles. The number of likely N-dealkylation sites (N-methyl/N-ethyl adjacent to an activating group) is 1. The number of quaternary nitrogens is 1. The second-order valence-electron chi connectivity index (χ2n) is 12.9. The highest BCUT2D eigenvalue weighted by atomic mass is 31.2. The normalized spacial score (nSPS) is 14.3. The molecule has 2 atom stereocenters. The first-order valence-corrected chi connectivity index (χ1v) is 18.9. The maximum absolute atomic E-state index is 12.2. The van der Waals surface area contributed by atoms with E-state index in [1.165, 1.54) is 103 Å². The fraction of sp³-hybridized carbons (Fsp3) is 0.912. The summed E-state index contributed by atoms with van der Waals surface area (Å²) in [4.78, 5) is 22.0. The average Bonchev–Trinajstić information content (AvgIpc) is 2.93. The third-order valence-corrected chi connectivity index (χ3v) is 8.28. The van der Waals surface area contributed by atoms with E-state index in [-0.39, 0.29) is 32.2 Å². The summed E-state index contributed by atoms with van der Waals surface area (Å²) in [5, 5.41) is 0. The fourth-order valence-electron chi connectivity index (χ4n) is 4.58. The van der Waals surface area contributed by atoms with Gasteiger partial charge in [0.05, 0.1) is 34.4 Å². The van der Waals surface area contributed by atoms with E-state index in [4.69, 9.17) is 18.5 Å². The topological polar surface area (TPSA) is 91.3 Å². The first-order valence-electron chi connectivity index (χ1n) is 17.4. The number of unbranched alkanes of at least 4 members (excludes halogenated alkanes) is 16. The van der Waals surface area contributed by atoms with Crippen molar-refractivity contribution in [2.75, 3.05) is 54.1 Å². The van der Waals surface area contributed by atoms with Crippen LogP contribution in [-0.2, 0) is 27.9 Å². The monoisotopic (exact) mass is 634 g/mol. The van der Waals surface area contributed by atoms with Crippen molar-refractivity contribution in [3.63, 3.8) is 0 Å². The number of hydrogen-bond donors (Lipinski definition) is 1. The van der Waals surface area contributed by atoms with Gasteiger partial charge in [-0.3, -0.25) is 13.8 Å². The standard InChI is InChI=1S/C34H68NO7P/c1-6-8-9-10-11-12-13-14-15-16-17-18-19-20-21-22-23-24-25-26-29-39-31-33(42-34(36)27-7-2)32-41-43(37,38)40-30-28-35(3,4)5/h14-15,33H,6-13,16-32H2,1-5H3/p+1/b15-14-. The summed E-state index contributed by atoms with van der Waals surface area (Å²) < 4.78 is 34.1. The molecule has 0 radical (unpaired) electrons. The Kier molecular flexibility index (Phi) is 28.2. The molecule has 0 amide bonds. The average molecular weight is 635 g/mol. The van der Waals surface area contributed by atoms with Crippen molar-refractivity contribution in [2.24, 2.45) is 0 Å². The van der Waals surface area contributed by atoms with Gasteiger partial charge >= 0.3 is 13.8 Å². The summed E-state index contributed by atoms with van der Waals surface area (Å²) in [6, 6.07) is 0. The van der Waals surface area contributed by atoms with Gasteiger partial charge in [-0.1, -0.05) is 109 Å². The molecule has 43 heavy (non-hydrogen) atoms. The number of hydrogen-bond acceptors (Lipinski definition) is 6. The lowest BCUT2D eigenvalue weighted by atomic mass is 10.1. The molecular weight excluding hydrogens is 565 g/mol. The number of phosphoric acid groups is 1. The molecule has 0 saturated carbocycles. The molecule has 0 aliphatic rings. The van der Waals surface area contributed by atoms with Crippen LogP contribution in [0.25, 0.3) is 0 Å². The molecule has 0 aromatic heterocycles. The van der Waals surface area contributed by atoms with Gasteiger partial charge in [0.25, 0.3) is 0 Å². The van der Waals surface area contributed by atoms with Gasteiger partial charge in [-0.2, -0.15) is 0 Å². The van der Waals surface area contributed by atoms with Crippen molar-refractivity contribution in [3.8, 4) is 0 Å². The molecule has 1 N–H and O–H groups in total. The molecule has 0 spiro atoms. The summed E-state index contributed by atoms with van der Waals surface area (Å²) in [5.74, 6) is -0.367. The van der Waals surface area contributed by atoms with Gasteiger partial charge in [-0.15, -0.1) is 0 Å². The lowest BCUT2D eigenvalue weighted by Gasteiger charge is -2.24. The van der Waals surface area contributed by atoms with Gasteiger partial charge in [-0.25, -0.2) is 4.57 Å². The Hall–Kier alpha value is -0.760. The van der Waals surface area contributed by atoms with E-state index >= 15 is 0 Å². The molecule has 9 heteroatoms. The van der Waals surface area contributed by atoms with E-state index in [1.54, 1.807) is 0 Å². The van der Waals surface area contributed by atoms with Crippen LogP contribution >= 0.6 is 7.82 Å². The quantitative estimate of drug-likeness (QED) is 0.0259. The molecule has 0 aliphatic heterocycles. The van der Waals surface area contributed by atoms with Crippen LogP contribution in [0.2, 0.25) is 0 Å². The molecule has 8 nitrogen and oxygen atoms in total. The lowest BCUT2D eigenvalue weighted by Crippen LogP contribution is -2.37. The van der Waals surface area contributed by atoms with E-state index in [1.807, 2.05) is 28.1 Å². The maximum Gasteiger partial charge on any atom is 0.472 e. The summed E-state index contributed by atoms with van der Waals surface area (Å²) >= 11 is 0. The first kappa shape index (κ1) is 42.2. The largest absolute Gasteiger partial charge is 0.472 e. The molecule has 0 saturated heterocycles. The van der Waals surface area contributed by atoms with Crippen molar-refractivity contribution in [2.45, 2.75) is 148 Å². The van der Waals surface area contributed by atoms with E-state index in [9.17, 15) is 14.3 Å². The molecular formula is C34H69NO7P+. The predicted octanol–water partition coefficient (Wildman–Crippen LogP) is 9.15. The van der Waals surface area contributed by atoms with Gasteiger partial charge in [0.15, 0.2) is 0 Å². The number of carbonyl (C=O) groups excluding carboxylic acids is 1. The Labute approximate surface area is 265 Å². The minimum atomic E-state index is -4.23. The van der Waals surface area contributed by atoms with Crippen LogP contribution in [0.3, 0.4) is 0 Å². The second-order valence-corrected chi connectivity index (χ2v) is 14.4. The van der Waals surface area contributed by atoms with Crippen LogP contribution < -0.4 is 0 Å². The third-order valence-electron chi connectivity index (χ3n) is 7.30. The molecule has 0 rings (SSSR count). The molecule has 0 aromatic rings. The van der Waals surface area contributed by atoms with Gasteiger partial charge in [0.2, 0.25) is 0 Å². The zero-order chi connectivity index (χ0) is 32.1. The highest BCUT2D eigenvalue weighted by Crippen LogP contribution is 2.43. The number of phosphoric ester groups is 1. The van der Waals surface area contributed by atoms with Gasteiger partial charge < -0.3 is 18.9 Å². The maximum atomic E-state index is 12.2. The summed E-state index contributed by atoms with van der Waals surface area (Å²) in [5.41, 5.74) is 0. The van der Waals surface area contributed by atoms with Crippen molar-refractivity contribution >= 4 is 13.8 Å². The minimum Gasteiger partial charge on any atom is -0.457 e. The summed E-state index contributed by atoms with van der Waals surface area (Å²) in [6.45, 7) is 5.25. The zero-order valence-electron chi connectivity index (χ0n) is 28.7. The van der Waals surface area contributed by atoms with Crippen molar-refractivity contribution in [1.29, 1.82) is 0 Å². The number of allylic oxidation sites excluding steroid dienone is 2. The Balaban J connectivity index is 3.81. The van der Waals surface area contributed by atoms with Crippen LogP contribution in [0.5, 0.6) is 0 Å². The Morgan fingerprint density at radius 3 is 1.72 bits per heavy atom. The van der Waals surface area contributed by atoms with E-state index in [0.717, 1.165) is 12.8 Å². The van der Waals surface area contributed by atoms with Crippen LogP contribution in [-0.4, -0.2) is 75.6 Å². The van der Waals surface area contributed by atoms with Gasteiger partial charge in [0, 0.05) is 13.0 Å². The first-order chi connectivity index (χ1) is 20.6. The lowest BCUT2D eigenvalue weighted by molar-refractivity contribution is -0.870. The minimum absolute atomic E-state index is 0.0886.